The summed E-state index contributed by atoms with van der Waals surface area (Å²) in [6.45, 7) is 2.44. The van der Waals surface area contributed by atoms with Crippen molar-refractivity contribution in [2.75, 3.05) is 23.9 Å². The molecule has 1 aliphatic rings. The number of methoxy groups -OCH3 is 1. The van der Waals surface area contributed by atoms with Gasteiger partial charge in [0.1, 0.15) is 16.9 Å². The van der Waals surface area contributed by atoms with Gasteiger partial charge in [0.15, 0.2) is 6.61 Å². The molecule has 0 unspecified atom stereocenters. The molecular weight excluding hydrogens is 426 g/mol. The Hall–Kier alpha value is -3.44. The van der Waals surface area contributed by atoms with Gasteiger partial charge in [-0.05, 0) is 44.2 Å². The van der Waals surface area contributed by atoms with Gasteiger partial charge in [0.05, 0.1) is 23.4 Å². The standard InChI is InChI=1S/C20H21N3O7S/c1-20(2)19(26)22-14-6-4-5-7-15(14)23(20)17(24)11-30-18(25)13-10-12(31(21,27)28)8-9-16(13)29-3/h4-10H,11H2,1-3H3,(H,22,26)(H2,21,27,28). The van der Waals surface area contributed by atoms with Crippen LogP contribution >= 0.6 is 0 Å². The van der Waals surface area contributed by atoms with Crippen LogP contribution in [0.4, 0.5) is 11.4 Å². The first-order valence-corrected chi connectivity index (χ1v) is 10.6. The van der Waals surface area contributed by atoms with Crippen molar-refractivity contribution in [1.82, 2.24) is 0 Å². The minimum atomic E-state index is -4.07. The lowest BCUT2D eigenvalue weighted by Crippen LogP contribution is -2.59. The molecule has 0 spiro atoms. The number of nitrogens with zero attached hydrogens (tertiary/aromatic N) is 1. The minimum absolute atomic E-state index is 0.0490. The molecule has 11 heteroatoms. The lowest BCUT2D eigenvalue weighted by Gasteiger charge is -2.41. The molecule has 10 nitrogen and oxygen atoms in total. The number of carbonyl (C=O) groups is 3. The molecule has 0 radical (unpaired) electrons. The lowest BCUT2D eigenvalue weighted by atomic mass is 9.96. The van der Waals surface area contributed by atoms with Gasteiger partial charge in [0.25, 0.3) is 5.91 Å². The minimum Gasteiger partial charge on any atom is -0.496 e. The SMILES string of the molecule is COc1ccc(S(N)(=O)=O)cc1C(=O)OCC(=O)N1c2ccccc2NC(=O)C1(C)C. The van der Waals surface area contributed by atoms with Gasteiger partial charge in [-0.15, -0.1) is 0 Å². The molecule has 164 valence electrons. The van der Waals surface area contributed by atoms with Crippen molar-refractivity contribution in [1.29, 1.82) is 0 Å². The predicted molar refractivity (Wildman–Crippen MR) is 111 cm³/mol. The van der Waals surface area contributed by atoms with Crippen LogP contribution in [0.15, 0.2) is 47.4 Å². The predicted octanol–water partition coefficient (Wildman–Crippen LogP) is 1.26. The van der Waals surface area contributed by atoms with Crippen molar-refractivity contribution < 1.29 is 32.3 Å². The van der Waals surface area contributed by atoms with E-state index in [4.69, 9.17) is 14.6 Å². The van der Waals surface area contributed by atoms with Crippen molar-refractivity contribution in [2.24, 2.45) is 5.14 Å². The molecule has 0 atom stereocenters. The lowest BCUT2D eigenvalue weighted by molar-refractivity contribution is -0.128. The number of anilines is 2. The number of ether oxygens (including phenoxy) is 2. The first kappa shape index (κ1) is 22.2. The van der Waals surface area contributed by atoms with E-state index in [1.807, 2.05) is 0 Å². The summed E-state index contributed by atoms with van der Waals surface area (Å²) in [7, 11) is -2.78. The Bertz CT molecular complexity index is 1180. The fourth-order valence-corrected chi connectivity index (χ4v) is 3.73. The Morgan fingerprint density at radius 3 is 2.48 bits per heavy atom. The summed E-state index contributed by atoms with van der Waals surface area (Å²) < 4.78 is 33.4. The molecule has 1 aliphatic heterocycles. The molecule has 1 heterocycles. The molecule has 2 amide bonds. The summed E-state index contributed by atoms with van der Waals surface area (Å²) >= 11 is 0. The molecule has 3 rings (SSSR count). The molecule has 2 aromatic carbocycles. The van der Waals surface area contributed by atoms with E-state index in [0.29, 0.717) is 11.4 Å². The highest BCUT2D eigenvalue weighted by atomic mass is 32.2. The number of sulfonamides is 1. The number of nitrogens with two attached hydrogens (primary N) is 1. The van der Waals surface area contributed by atoms with Crippen LogP contribution in [0.1, 0.15) is 24.2 Å². The summed E-state index contributed by atoms with van der Waals surface area (Å²) in [6.07, 6.45) is 0. The number of para-hydroxylation sites is 2. The number of esters is 1. The third kappa shape index (κ3) is 4.23. The number of hydrogen-bond acceptors (Lipinski definition) is 7. The number of amides is 2. The molecule has 0 saturated heterocycles. The van der Waals surface area contributed by atoms with Crippen molar-refractivity contribution in [2.45, 2.75) is 24.3 Å². The third-order valence-corrected chi connectivity index (χ3v) is 5.71. The number of benzene rings is 2. The topological polar surface area (TPSA) is 145 Å². The van der Waals surface area contributed by atoms with Crippen molar-refractivity contribution in [3.63, 3.8) is 0 Å². The van der Waals surface area contributed by atoms with E-state index in [1.165, 1.54) is 24.1 Å². The van der Waals surface area contributed by atoms with Gasteiger partial charge in [0, 0.05) is 0 Å². The van der Waals surface area contributed by atoms with Gasteiger partial charge in [-0.3, -0.25) is 14.5 Å². The zero-order chi connectivity index (χ0) is 23.0. The zero-order valence-electron chi connectivity index (χ0n) is 17.0. The average molecular weight is 447 g/mol. The molecule has 0 aromatic heterocycles. The maximum absolute atomic E-state index is 13.0. The molecule has 0 saturated carbocycles. The van der Waals surface area contributed by atoms with Gasteiger partial charge in [-0.2, -0.15) is 0 Å². The maximum atomic E-state index is 13.0. The second-order valence-corrected chi connectivity index (χ2v) is 8.80. The summed E-state index contributed by atoms with van der Waals surface area (Å²) in [5, 5.41) is 7.84. The van der Waals surface area contributed by atoms with Crippen LogP contribution in [-0.4, -0.2) is 45.5 Å². The number of primary sulfonamides is 1. The van der Waals surface area contributed by atoms with Crippen molar-refractivity contribution in [3.05, 3.63) is 48.0 Å². The number of rotatable bonds is 5. The smallest absolute Gasteiger partial charge is 0.342 e. The van der Waals surface area contributed by atoms with Crippen molar-refractivity contribution >= 4 is 39.2 Å². The highest BCUT2D eigenvalue weighted by molar-refractivity contribution is 7.89. The van der Waals surface area contributed by atoms with Crippen LogP contribution < -0.4 is 20.1 Å². The van der Waals surface area contributed by atoms with Crippen LogP contribution in [-0.2, 0) is 24.3 Å². The highest BCUT2D eigenvalue weighted by Gasteiger charge is 2.43. The maximum Gasteiger partial charge on any atom is 0.342 e. The van der Waals surface area contributed by atoms with Gasteiger partial charge in [0.2, 0.25) is 15.9 Å². The normalized spacial score (nSPS) is 15.0. The van der Waals surface area contributed by atoms with E-state index in [2.05, 4.69) is 5.32 Å². The van der Waals surface area contributed by atoms with Crippen LogP contribution in [0.25, 0.3) is 0 Å². The molecule has 2 aromatic rings. The fraction of sp³-hybridized carbons (Fsp3) is 0.250. The summed E-state index contributed by atoms with van der Waals surface area (Å²) in [5.41, 5.74) is -0.530. The number of fused-ring (bicyclic) bond motifs is 1. The second kappa shape index (κ2) is 8.00. The fourth-order valence-electron chi connectivity index (χ4n) is 3.19. The van der Waals surface area contributed by atoms with Gasteiger partial charge in [-0.25, -0.2) is 18.4 Å². The average Bonchev–Trinajstić information content (AvgIpc) is 2.71. The third-order valence-electron chi connectivity index (χ3n) is 4.80. The summed E-state index contributed by atoms with van der Waals surface area (Å²) in [5.74, 6) is -1.97. The van der Waals surface area contributed by atoms with Gasteiger partial charge in [-0.1, -0.05) is 12.1 Å². The Labute approximate surface area is 179 Å². The summed E-state index contributed by atoms with van der Waals surface area (Å²) in [6, 6.07) is 10.2. The van der Waals surface area contributed by atoms with E-state index in [9.17, 15) is 22.8 Å². The van der Waals surface area contributed by atoms with E-state index in [1.54, 1.807) is 38.1 Å². The molecular formula is C20H21N3O7S. The van der Waals surface area contributed by atoms with Gasteiger partial charge >= 0.3 is 5.97 Å². The highest BCUT2D eigenvalue weighted by Crippen LogP contribution is 2.36. The Kier molecular flexibility index (Phi) is 5.74. The number of nitrogens with one attached hydrogen (secondary N) is 1. The second-order valence-electron chi connectivity index (χ2n) is 7.24. The first-order valence-electron chi connectivity index (χ1n) is 9.08. The van der Waals surface area contributed by atoms with Crippen LogP contribution in [0.3, 0.4) is 0 Å². The largest absolute Gasteiger partial charge is 0.496 e. The van der Waals surface area contributed by atoms with Gasteiger partial charge < -0.3 is 14.8 Å². The Morgan fingerprint density at radius 1 is 1.16 bits per heavy atom. The van der Waals surface area contributed by atoms with Crippen molar-refractivity contribution in [3.8, 4) is 5.75 Å². The Balaban J connectivity index is 1.86. The molecule has 3 N–H and O–H groups in total. The van der Waals surface area contributed by atoms with Crippen LogP contribution in [0.2, 0.25) is 0 Å². The molecule has 31 heavy (non-hydrogen) atoms. The summed E-state index contributed by atoms with van der Waals surface area (Å²) in [4.78, 5) is 38.9. The Morgan fingerprint density at radius 2 is 1.84 bits per heavy atom. The molecule has 0 aliphatic carbocycles. The van der Waals surface area contributed by atoms with Crippen LogP contribution in [0.5, 0.6) is 5.75 Å². The van der Waals surface area contributed by atoms with E-state index in [-0.39, 0.29) is 16.2 Å². The molecule has 0 fully saturated rings. The monoisotopic (exact) mass is 447 g/mol. The van der Waals surface area contributed by atoms with E-state index >= 15 is 0 Å². The van der Waals surface area contributed by atoms with E-state index in [0.717, 1.165) is 6.07 Å². The molecule has 0 bridgehead atoms. The number of carbonyl (C=O) groups excluding carboxylic acids is 3. The quantitative estimate of drug-likeness (QED) is 0.656. The first-order chi connectivity index (χ1) is 14.5. The van der Waals surface area contributed by atoms with Crippen LogP contribution in [0, 0.1) is 0 Å². The zero-order valence-corrected chi connectivity index (χ0v) is 17.9. The van der Waals surface area contributed by atoms with E-state index < -0.39 is 40.0 Å². The number of hydrogen-bond donors (Lipinski definition) is 2.